The molecule has 0 saturated heterocycles. The van der Waals surface area contributed by atoms with E-state index in [1.165, 1.54) is 0 Å². The zero-order valence-corrected chi connectivity index (χ0v) is 16.0. The fourth-order valence-corrected chi connectivity index (χ4v) is 3.25. The van der Waals surface area contributed by atoms with E-state index in [-0.39, 0.29) is 5.91 Å². The van der Waals surface area contributed by atoms with E-state index < -0.39 is 6.10 Å². The molecule has 0 aliphatic rings. The molecule has 0 aliphatic heterocycles. The highest BCUT2D eigenvalue weighted by Crippen LogP contribution is 2.17. The molecule has 0 saturated carbocycles. The molecule has 3 rings (SSSR count). The minimum Gasteiger partial charge on any atom is -0.392 e. The number of rotatable bonds is 7. The number of amides is 1. The van der Waals surface area contributed by atoms with Gasteiger partial charge in [0.25, 0.3) is 5.91 Å². The lowest BCUT2D eigenvalue weighted by molar-refractivity contribution is 0.0777. The predicted molar refractivity (Wildman–Crippen MR) is 105 cm³/mol. The first kappa shape index (κ1) is 19.1. The largest absolute Gasteiger partial charge is 0.392 e. The van der Waals surface area contributed by atoms with Gasteiger partial charge in [0.2, 0.25) is 0 Å². The third-order valence-electron chi connectivity index (χ3n) is 4.44. The van der Waals surface area contributed by atoms with Gasteiger partial charge >= 0.3 is 0 Å². The molecule has 6 heteroatoms. The topological polar surface area (TPSA) is 61.1 Å². The fourth-order valence-electron chi connectivity index (χ4n) is 3.25. The standard InChI is InChI=1S/C21H26N4O2/c1-16(26)13-23(2)15-18-20(22-19-11-7-8-12-25(18)19)21(27)24(3)14-17-9-5-4-6-10-17/h4-12,16,26H,13-15H2,1-3H3/t16-/m0/s1. The lowest BCUT2D eigenvalue weighted by Gasteiger charge is -2.20. The van der Waals surface area contributed by atoms with Crippen LogP contribution in [-0.4, -0.2) is 56.9 Å². The van der Waals surface area contributed by atoms with Crippen molar-refractivity contribution in [2.75, 3.05) is 20.6 Å². The average Bonchev–Trinajstić information content (AvgIpc) is 2.99. The third-order valence-corrected chi connectivity index (χ3v) is 4.44. The number of hydrogen-bond donors (Lipinski definition) is 1. The highest BCUT2D eigenvalue weighted by molar-refractivity contribution is 5.94. The van der Waals surface area contributed by atoms with Gasteiger partial charge in [0.1, 0.15) is 5.65 Å². The molecule has 0 unspecified atom stereocenters. The Kier molecular flexibility index (Phi) is 5.88. The van der Waals surface area contributed by atoms with E-state index >= 15 is 0 Å². The number of imidazole rings is 1. The number of nitrogens with zero attached hydrogens (tertiary/aromatic N) is 4. The monoisotopic (exact) mass is 366 g/mol. The van der Waals surface area contributed by atoms with Crippen LogP contribution in [0.15, 0.2) is 54.7 Å². The number of pyridine rings is 1. The molecule has 0 radical (unpaired) electrons. The summed E-state index contributed by atoms with van der Waals surface area (Å²) in [6.07, 6.45) is 1.48. The molecule has 6 nitrogen and oxygen atoms in total. The van der Waals surface area contributed by atoms with Crippen LogP contribution in [0.1, 0.15) is 28.7 Å². The number of fused-ring (bicyclic) bond motifs is 1. The Morgan fingerprint density at radius 2 is 1.81 bits per heavy atom. The second kappa shape index (κ2) is 8.33. The first-order chi connectivity index (χ1) is 13.0. The van der Waals surface area contributed by atoms with E-state index in [0.29, 0.717) is 25.3 Å². The summed E-state index contributed by atoms with van der Waals surface area (Å²) in [4.78, 5) is 21.4. The lowest BCUT2D eigenvalue weighted by Crippen LogP contribution is -2.30. The molecule has 1 atom stereocenters. The van der Waals surface area contributed by atoms with Crippen LogP contribution in [0.5, 0.6) is 0 Å². The summed E-state index contributed by atoms with van der Waals surface area (Å²) in [5.41, 5.74) is 3.11. The number of benzene rings is 1. The van der Waals surface area contributed by atoms with Gasteiger partial charge in [-0.2, -0.15) is 0 Å². The molecule has 142 valence electrons. The van der Waals surface area contributed by atoms with Gasteiger partial charge in [-0.15, -0.1) is 0 Å². The van der Waals surface area contributed by atoms with Crippen LogP contribution in [0.2, 0.25) is 0 Å². The third kappa shape index (κ3) is 4.53. The van der Waals surface area contributed by atoms with Crippen molar-refractivity contribution in [3.05, 3.63) is 71.7 Å². The summed E-state index contributed by atoms with van der Waals surface area (Å²) in [6.45, 7) is 3.32. The van der Waals surface area contributed by atoms with E-state index in [2.05, 4.69) is 4.98 Å². The number of hydrogen-bond acceptors (Lipinski definition) is 4. The number of aromatic nitrogens is 2. The van der Waals surface area contributed by atoms with Gasteiger partial charge in [0.15, 0.2) is 5.69 Å². The van der Waals surface area contributed by atoms with Crippen molar-refractivity contribution in [1.82, 2.24) is 19.2 Å². The Bertz CT molecular complexity index is 905. The van der Waals surface area contributed by atoms with Crippen molar-refractivity contribution in [2.45, 2.75) is 26.1 Å². The summed E-state index contributed by atoms with van der Waals surface area (Å²) in [6, 6.07) is 15.6. The van der Waals surface area contributed by atoms with E-state index in [1.54, 1.807) is 18.9 Å². The first-order valence-electron chi connectivity index (χ1n) is 9.07. The van der Waals surface area contributed by atoms with Crippen LogP contribution >= 0.6 is 0 Å². The van der Waals surface area contributed by atoms with Gasteiger partial charge in [-0.3, -0.25) is 9.69 Å². The Hall–Kier alpha value is -2.70. The first-order valence-corrected chi connectivity index (χ1v) is 9.07. The maximum atomic E-state index is 13.1. The molecule has 2 heterocycles. The van der Waals surface area contributed by atoms with Crippen LogP contribution in [-0.2, 0) is 13.1 Å². The van der Waals surface area contributed by atoms with E-state index in [1.807, 2.05) is 71.1 Å². The number of aliphatic hydroxyl groups excluding tert-OH is 1. The number of likely N-dealkylation sites (N-methyl/N-ethyl adjacent to an activating group) is 1. The van der Waals surface area contributed by atoms with Crippen molar-refractivity contribution in [1.29, 1.82) is 0 Å². The molecule has 0 aliphatic carbocycles. The summed E-state index contributed by atoms with van der Waals surface area (Å²) in [5, 5.41) is 9.66. The summed E-state index contributed by atoms with van der Waals surface area (Å²) < 4.78 is 1.95. The van der Waals surface area contributed by atoms with Crippen LogP contribution in [0.3, 0.4) is 0 Å². The maximum absolute atomic E-state index is 13.1. The Balaban J connectivity index is 1.90. The summed E-state index contributed by atoms with van der Waals surface area (Å²) in [7, 11) is 3.72. The molecule has 1 N–H and O–H groups in total. The average molecular weight is 366 g/mol. The second-order valence-electron chi connectivity index (χ2n) is 7.03. The number of aliphatic hydroxyl groups is 1. The number of carbonyl (C=O) groups is 1. The van der Waals surface area contributed by atoms with Crippen LogP contribution in [0.4, 0.5) is 0 Å². The van der Waals surface area contributed by atoms with Gasteiger partial charge in [0, 0.05) is 32.9 Å². The highest BCUT2D eigenvalue weighted by atomic mass is 16.3. The van der Waals surface area contributed by atoms with Gasteiger partial charge in [0.05, 0.1) is 11.8 Å². The minimum absolute atomic E-state index is 0.108. The van der Waals surface area contributed by atoms with Crippen molar-refractivity contribution >= 4 is 11.6 Å². The zero-order chi connectivity index (χ0) is 19.4. The smallest absolute Gasteiger partial charge is 0.274 e. The molecule has 0 fully saturated rings. The van der Waals surface area contributed by atoms with Gasteiger partial charge in [-0.1, -0.05) is 36.4 Å². The van der Waals surface area contributed by atoms with Gasteiger partial charge in [-0.05, 0) is 31.7 Å². The van der Waals surface area contributed by atoms with E-state index in [0.717, 1.165) is 16.9 Å². The van der Waals surface area contributed by atoms with Crippen molar-refractivity contribution in [2.24, 2.45) is 0 Å². The molecule has 3 aromatic rings. The molecule has 0 bridgehead atoms. The molecule has 27 heavy (non-hydrogen) atoms. The molecular weight excluding hydrogens is 340 g/mol. The zero-order valence-electron chi connectivity index (χ0n) is 16.0. The molecule has 1 amide bonds. The Morgan fingerprint density at radius 1 is 1.11 bits per heavy atom. The highest BCUT2D eigenvalue weighted by Gasteiger charge is 2.23. The lowest BCUT2D eigenvalue weighted by atomic mass is 10.2. The van der Waals surface area contributed by atoms with Crippen LogP contribution in [0.25, 0.3) is 5.65 Å². The van der Waals surface area contributed by atoms with Crippen molar-refractivity contribution in [3.8, 4) is 0 Å². The Morgan fingerprint density at radius 3 is 2.52 bits per heavy atom. The quantitative estimate of drug-likeness (QED) is 0.698. The molecule has 1 aromatic carbocycles. The number of carbonyl (C=O) groups excluding carboxylic acids is 1. The van der Waals surface area contributed by atoms with Gasteiger partial charge < -0.3 is 14.4 Å². The summed E-state index contributed by atoms with van der Waals surface area (Å²) >= 11 is 0. The van der Waals surface area contributed by atoms with Crippen molar-refractivity contribution in [3.63, 3.8) is 0 Å². The van der Waals surface area contributed by atoms with Crippen molar-refractivity contribution < 1.29 is 9.90 Å². The molecule has 0 spiro atoms. The minimum atomic E-state index is -0.436. The van der Waals surface area contributed by atoms with E-state index in [9.17, 15) is 9.90 Å². The summed E-state index contributed by atoms with van der Waals surface area (Å²) in [5.74, 6) is -0.108. The normalized spacial score (nSPS) is 12.5. The molecular formula is C21H26N4O2. The van der Waals surface area contributed by atoms with Crippen LogP contribution in [0, 0.1) is 0 Å². The Labute approximate surface area is 159 Å². The van der Waals surface area contributed by atoms with Gasteiger partial charge in [-0.25, -0.2) is 4.98 Å². The fraction of sp³-hybridized carbons (Fsp3) is 0.333. The predicted octanol–water partition coefficient (Wildman–Crippen LogP) is 2.42. The van der Waals surface area contributed by atoms with Crippen LogP contribution < -0.4 is 0 Å². The van der Waals surface area contributed by atoms with E-state index in [4.69, 9.17) is 0 Å². The SMILES string of the molecule is C[C@H](O)CN(C)Cc1c(C(=O)N(C)Cc2ccccc2)nc2ccccn12. The molecule has 2 aromatic heterocycles. The maximum Gasteiger partial charge on any atom is 0.274 e. The second-order valence-corrected chi connectivity index (χ2v) is 7.03.